The molecule has 2 rings (SSSR count). The third-order valence-electron chi connectivity index (χ3n) is 2.43. The number of thiazole rings is 1. The zero-order valence-corrected chi connectivity index (χ0v) is 12.1. The molecule has 0 aliphatic carbocycles. The second-order valence-corrected chi connectivity index (χ2v) is 6.46. The highest BCUT2D eigenvalue weighted by atomic mass is 32.1. The lowest BCUT2D eigenvalue weighted by molar-refractivity contribution is 0.688. The molecular weight excluding hydrogens is 248 g/mol. The predicted octanol–water partition coefficient (Wildman–Crippen LogP) is 4.50. The van der Waals surface area contributed by atoms with Crippen molar-refractivity contribution >= 4 is 27.8 Å². The molecule has 0 radical (unpaired) electrons. The lowest BCUT2D eigenvalue weighted by atomic mass is 10.2. The van der Waals surface area contributed by atoms with Crippen LogP contribution in [0.4, 0.5) is 5.13 Å². The fraction of sp³-hybridized carbons (Fsp3) is 0.462. The van der Waals surface area contributed by atoms with Crippen molar-refractivity contribution in [1.29, 1.82) is 0 Å². The van der Waals surface area contributed by atoms with Crippen LogP contribution >= 0.6 is 22.7 Å². The molecule has 0 aliphatic heterocycles. The van der Waals surface area contributed by atoms with Crippen molar-refractivity contribution in [1.82, 2.24) is 4.98 Å². The number of rotatable bonds is 5. The molecule has 2 heterocycles. The van der Waals surface area contributed by atoms with Crippen LogP contribution in [0.25, 0.3) is 10.6 Å². The highest BCUT2D eigenvalue weighted by Crippen LogP contribution is 2.30. The standard InChI is InChI=1S/C13H18N2S2/c1-4-10-5-6-12(17-10)11-8-16-13(15-11)14-7-9(2)3/h5-6,8-9H,4,7H2,1-3H3,(H,14,15). The van der Waals surface area contributed by atoms with Crippen LogP contribution in [-0.2, 0) is 6.42 Å². The fourth-order valence-corrected chi connectivity index (χ4v) is 3.17. The smallest absolute Gasteiger partial charge is 0.183 e. The summed E-state index contributed by atoms with van der Waals surface area (Å²) in [5.41, 5.74) is 1.10. The van der Waals surface area contributed by atoms with Crippen molar-refractivity contribution in [2.24, 2.45) is 5.92 Å². The van der Waals surface area contributed by atoms with Crippen molar-refractivity contribution < 1.29 is 0 Å². The minimum absolute atomic E-state index is 0.649. The molecule has 4 heteroatoms. The largest absolute Gasteiger partial charge is 0.361 e. The minimum atomic E-state index is 0.649. The molecular formula is C13H18N2S2. The van der Waals surface area contributed by atoms with Gasteiger partial charge in [0.25, 0.3) is 0 Å². The van der Waals surface area contributed by atoms with Crippen LogP contribution in [0.3, 0.4) is 0 Å². The maximum absolute atomic E-state index is 4.62. The molecule has 17 heavy (non-hydrogen) atoms. The predicted molar refractivity (Wildman–Crippen MR) is 78.1 cm³/mol. The van der Waals surface area contributed by atoms with Gasteiger partial charge in [-0.15, -0.1) is 22.7 Å². The Bertz CT molecular complexity index is 471. The quantitative estimate of drug-likeness (QED) is 0.861. The van der Waals surface area contributed by atoms with Crippen LogP contribution in [0.15, 0.2) is 17.5 Å². The third-order valence-corrected chi connectivity index (χ3v) is 4.48. The average Bonchev–Trinajstić information content (AvgIpc) is 2.94. The number of hydrogen-bond donors (Lipinski definition) is 1. The summed E-state index contributed by atoms with van der Waals surface area (Å²) in [4.78, 5) is 7.31. The Morgan fingerprint density at radius 2 is 2.18 bits per heavy atom. The van der Waals surface area contributed by atoms with Crippen LogP contribution in [0, 0.1) is 5.92 Å². The van der Waals surface area contributed by atoms with E-state index in [2.05, 4.69) is 48.6 Å². The van der Waals surface area contributed by atoms with Crippen LogP contribution in [0.2, 0.25) is 0 Å². The molecule has 0 aliphatic rings. The van der Waals surface area contributed by atoms with E-state index in [9.17, 15) is 0 Å². The first-order chi connectivity index (χ1) is 8.19. The van der Waals surface area contributed by atoms with E-state index in [-0.39, 0.29) is 0 Å². The van der Waals surface area contributed by atoms with E-state index >= 15 is 0 Å². The number of aromatic nitrogens is 1. The Balaban J connectivity index is 2.07. The summed E-state index contributed by atoms with van der Waals surface area (Å²) in [6.07, 6.45) is 1.10. The Hall–Kier alpha value is -0.870. The summed E-state index contributed by atoms with van der Waals surface area (Å²) in [7, 11) is 0. The molecule has 0 amide bonds. The summed E-state index contributed by atoms with van der Waals surface area (Å²) >= 11 is 3.53. The SMILES string of the molecule is CCc1ccc(-c2csc(NCC(C)C)n2)s1. The molecule has 1 N–H and O–H groups in total. The number of nitrogens with zero attached hydrogens (tertiary/aromatic N) is 1. The molecule has 0 bridgehead atoms. The Morgan fingerprint density at radius 1 is 1.35 bits per heavy atom. The summed E-state index contributed by atoms with van der Waals surface area (Å²) < 4.78 is 0. The molecule has 2 nitrogen and oxygen atoms in total. The van der Waals surface area contributed by atoms with E-state index in [4.69, 9.17) is 0 Å². The molecule has 92 valence electrons. The van der Waals surface area contributed by atoms with E-state index in [0.29, 0.717) is 5.92 Å². The Morgan fingerprint density at radius 3 is 2.82 bits per heavy atom. The van der Waals surface area contributed by atoms with Crippen molar-refractivity contribution in [2.45, 2.75) is 27.2 Å². The number of hydrogen-bond acceptors (Lipinski definition) is 4. The maximum atomic E-state index is 4.62. The van der Waals surface area contributed by atoms with Gasteiger partial charge in [0.2, 0.25) is 0 Å². The van der Waals surface area contributed by atoms with Gasteiger partial charge >= 0.3 is 0 Å². The monoisotopic (exact) mass is 266 g/mol. The van der Waals surface area contributed by atoms with E-state index in [0.717, 1.165) is 23.8 Å². The van der Waals surface area contributed by atoms with E-state index in [1.165, 1.54) is 9.75 Å². The first kappa shape index (κ1) is 12.6. The van der Waals surface area contributed by atoms with Gasteiger partial charge in [0.15, 0.2) is 5.13 Å². The van der Waals surface area contributed by atoms with Gasteiger partial charge in [-0.2, -0.15) is 0 Å². The lowest BCUT2D eigenvalue weighted by Gasteiger charge is -2.04. The minimum Gasteiger partial charge on any atom is -0.361 e. The Kier molecular flexibility index (Phi) is 4.18. The van der Waals surface area contributed by atoms with Crippen molar-refractivity contribution in [3.05, 3.63) is 22.4 Å². The summed E-state index contributed by atoms with van der Waals surface area (Å²) in [6, 6.07) is 4.37. The molecule has 0 fully saturated rings. The lowest BCUT2D eigenvalue weighted by Crippen LogP contribution is -2.07. The molecule has 0 atom stereocenters. The summed E-state index contributed by atoms with van der Waals surface area (Å²) in [6.45, 7) is 7.58. The number of thiophene rings is 1. The third kappa shape index (κ3) is 3.30. The van der Waals surface area contributed by atoms with Crippen LogP contribution in [0.1, 0.15) is 25.6 Å². The average molecular weight is 266 g/mol. The second kappa shape index (κ2) is 5.65. The number of anilines is 1. The van der Waals surface area contributed by atoms with Crippen LogP contribution in [0.5, 0.6) is 0 Å². The molecule has 2 aromatic heterocycles. The highest BCUT2D eigenvalue weighted by molar-refractivity contribution is 7.17. The zero-order valence-electron chi connectivity index (χ0n) is 10.5. The molecule has 0 aromatic carbocycles. The molecule has 0 saturated carbocycles. The van der Waals surface area contributed by atoms with E-state index in [1.54, 1.807) is 11.3 Å². The van der Waals surface area contributed by atoms with Gasteiger partial charge in [0, 0.05) is 16.8 Å². The first-order valence-electron chi connectivity index (χ1n) is 5.97. The van der Waals surface area contributed by atoms with Gasteiger partial charge in [-0.05, 0) is 24.5 Å². The molecule has 0 spiro atoms. The van der Waals surface area contributed by atoms with E-state index in [1.807, 2.05) is 11.3 Å². The van der Waals surface area contributed by atoms with Gasteiger partial charge in [0.1, 0.15) is 0 Å². The van der Waals surface area contributed by atoms with Crippen LogP contribution in [-0.4, -0.2) is 11.5 Å². The number of aryl methyl sites for hydroxylation is 1. The van der Waals surface area contributed by atoms with Crippen molar-refractivity contribution in [3.8, 4) is 10.6 Å². The summed E-state index contributed by atoms with van der Waals surface area (Å²) in [5.74, 6) is 0.649. The van der Waals surface area contributed by atoms with Gasteiger partial charge in [-0.1, -0.05) is 20.8 Å². The van der Waals surface area contributed by atoms with Gasteiger partial charge in [0.05, 0.1) is 10.6 Å². The summed E-state index contributed by atoms with van der Waals surface area (Å²) in [5, 5.41) is 6.53. The van der Waals surface area contributed by atoms with Crippen molar-refractivity contribution in [3.63, 3.8) is 0 Å². The van der Waals surface area contributed by atoms with Gasteiger partial charge in [-0.3, -0.25) is 0 Å². The van der Waals surface area contributed by atoms with Crippen molar-refractivity contribution in [2.75, 3.05) is 11.9 Å². The highest BCUT2D eigenvalue weighted by Gasteiger charge is 2.07. The normalized spacial score (nSPS) is 11.1. The Labute approximate surface area is 111 Å². The topological polar surface area (TPSA) is 24.9 Å². The van der Waals surface area contributed by atoms with Crippen LogP contribution < -0.4 is 5.32 Å². The molecule has 0 unspecified atom stereocenters. The fourth-order valence-electron chi connectivity index (χ4n) is 1.47. The number of nitrogens with one attached hydrogen (secondary N) is 1. The zero-order chi connectivity index (χ0) is 12.3. The molecule has 0 saturated heterocycles. The first-order valence-corrected chi connectivity index (χ1v) is 7.67. The van der Waals surface area contributed by atoms with Gasteiger partial charge < -0.3 is 5.32 Å². The molecule has 2 aromatic rings. The second-order valence-electron chi connectivity index (χ2n) is 4.43. The van der Waals surface area contributed by atoms with Gasteiger partial charge in [-0.25, -0.2) is 4.98 Å². The maximum Gasteiger partial charge on any atom is 0.183 e. The van der Waals surface area contributed by atoms with E-state index < -0.39 is 0 Å².